The van der Waals surface area contributed by atoms with Crippen molar-refractivity contribution in [1.82, 2.24) is 14.5 Å². The summed E-state index contributed by atoms with van der Waals surface area (Å²) in [5, 5.41) is 0. The fraction of sp³-hybridized carbons (Fsp3) is 0.333. The van der Waals surface area contributed by atoms with Crippen LogP contribution in [0.5, 0.6) is 0 Å². The van der Waals surface area contributed by atoms with Crippen LogP contribution in [0.1, 0.15) is 58.6 Å². The van der Waals surface area contributed by atoms with Crippen molar-refractivity contribution in [1.29, 1.82) is 0 Å². The minimum absolute atomic E-state index is 0.0447. The topological polar surface area (TPSA) is 50.7 Å². The molecule has 0 amide bonds. The molecular formula is C24H31N3O. The quantitative estimate of drug-likeness (QED) is 0.508. The Morgan fingerprint density at radius 3 is 2.32 bits per heavy atom. The van der Waals surface area contributed by atoms with E-state index in [0.717, 1.165) is 22.5 Å². The summed E-state index contributed by atoms with van der Waals surface area (Å²) in [5.74, 6) is 0.701. The number of hydrogen-bond donors (Lipinski definition) is 1. The maximum Gasteiger partial charge on any atom is 0.278 e. The number of nitrogens with one attached hydrogen (secondary N) is 1. The molecule has 2 rings (SSSR count). The maximum absolute atomic E-state index is 13.0. The summed E-state index contributed by atoms with van der Waals surface area (Å²) in [6.45, 7) is 12.0. The molecular weight excluding hydrogens is 346 g/mol. The molecule has 28 heavy (non-hydrogen) atoms. The second kappa shape index (κ2) is 9.88. The lowest BCUT2D eigenvalue weighted by atomic mass is 10.1. The average molecular weight is 378 g/mol. The van der Waals surface area contributed by atoms with Crippen molar-refractivity contribution in [3.8, 4) is 5.82 Å². The van der Waals surface area contributed by atoms with Gasteiger partial charge in [-0.05, 0) is 52.7 Å². The molecule has 148 valence electrons. The molecule has 0 saturated heterocycles. The van der Waals surface area contributed by atoms with E-state index < -0.39 is 0 Å². The van der Waals surface area contributed by atoms with Crippen LogP contribution < -0.4 is 5.56 Å². The van der Waals surface area contributed by atoms with Crippen molar-refractivity contribution in [3.63, 3.8) is 0 Å². The molecule has 0 spiro atoms. The molecule has 0 fully saturated rings. The first-order chi connectivity index (χ1) is 13.5. The molecule has 2 aliphatic heterocycles. The first-order valence-corrected chi connectivity index (χ1v) is 9.81. The smallest absolute Gasteiger partial charge is 0.278 e. The van der Waals surface area contributed by atoms with Gasteiger partial charge in [0.25, 0.3) is 5.56 Å². The maximum atomic E-state index is 13.0. The number of hydrogen-bond acceptors (Lipinski definition) is 2. The van der Waals surface area contributed by atoms with Crippen LogP contribution in [-0.2, 0) is 12.8 Å². The largest absolute Gasteiger partial charge is 0.354 e. The van der Waals surface area contributed by atoms with Crippen LogP contribution in [0, 0.1) is 0 Å². The molecule has 0 radical (unpaired) electrons. The minimum Gasteiger partial charge on any atom is -0.354 e. The van der Waals surface area contributed by atoms with E-state index in [0.29, 0.717) is 24.4 Å². The normalized spacial score (nSPS) is 14.1. The van der Waals surface area contributed by atoms with E-state index in [2.05, 4.69) is 17.1 Å². The summed E-state index contributed by atoms with van der Waals surface area (Å²) >= 11 is 0. The number of rotatable bonds is 7. The lowest BCUT2D eigenvalue weighted by molar-refractivity contribution is 0.900. The second-order valence-electron chi connectivity index (χ2n) is 6.80. The summed E-state index contributed by atoms with van der Waals surface area (Å²) in [6, 6.07) is 0. The molecule has 4 heteroatoms. The highest BCUT2D eigenvalue weighted by Gasteiger charge is 2.20. The number of aromatic nitrogens is 3. The zero-order valence-electron chi connectivity index (χ0n) is 17.8. The van der Waals surface area contributed by atoms with E-state index in [1.54, 1.807) is 4.57 Å². The van der Waals surface area contributed by atoms with Crippen molar-refractivity contribution < 1.29 is 0 Å². The van der Waals surface area contributed by atoms with Gasteiger partial charge in [0.05, 0.1) is 11.4 Å². The van der Waals surface area contributed by atoms with Gasteiger partial charge in [0.1, 0.15) is 5.69 Å². The molecule has 0 atom stereocenters. The van der Waals surface area contributed by atoms with E-state index in [4.69, 9.17) is 4.98 Å². The molecule has 0 aromatic rings. The summed E-state index contributed by atoms with van der Waals surface area (Å²) < 4.78 is 1.69. The predicted molar refractivity (Wildman–Crippen MR) is 119 cm³/mol. The lowest BCUT2D eigenvalue weighted by Crippen LogP contribution is -2.18. The van der Waals surface area contributed by atoms with Gasteiger partial charge in [0.2, 0.25) is 0 Å². The second-order valence-corrected chi connectivity index (χ2v) is 6.80. The molecule has 1 N–H and O–H groups in total. The third kappa shape index (κ3) is 4.69. The summed E-state index contributed by atoms with van der Waals surface area (Å²) in [7, 11) is 0. The lowest BCUT2D eigenvalue weighted by Gasteiger charge is -2.14. The number of aromatic amines is 1. The Morgan fingerprint density at radius 2 is 1.75 bits per heavy atom. The zero-order valence-corrected chi connectivity index (χ0v) is 17.8. The Balaban J connectivity index is 2.72. The Hall–Kier alpha value is -2.88. The molecule has 0 aliphatic carbocycles. The van der Waals surface area contributed by atoms with Gasteiger partial charge in [-0.15, -0.1) is 0 Å². The van der Waals surface area contributed by atoms with Gasteiger partial charge in [-0.1, -0.05) is 48.1 Å². The van der Waals surface area contributed by atoms with Crippen LogP contribution in [0.2, 0.25) is 0 Å². The summed E-state index contributed by atoms with van der Waals surface area (Å²) in [6.07, 6.45) is 17.4. The van der Waals surface area contributed by atoms with Crippen LogP contribution in [-0.4, -0.2) is 14.5 Å². The number of nitrogens with zero attached hydrogens (tertiary/aromatic N) is 2. The van der Waals surface area contributed by atoms with E-state index in [9.17, 15) is 4.79 Å². The fourth-order valence-electron chi connectivity index (χ4n) is 3.12. The summed E-state index contributed by atoms with van der Waals surface area (Å²) in [4.78, 5) is 21.3. The number of fused-ring (bicyclic) bond motifs is 1. The van der Waals surface area contributed by atoms with E-state index in [1.807, 2.05) is 78.1 Å². The standard InChI is InChI=1S/C24H31N3O/c1-7-12-18(10-4)15-20-23-26-21(14-17(6)9-3)24(28)27(23)16-22(25-20)19(11-5)13-8-2/h7-13,16,25H,14-15H2,1-6H3/b12-7-,13-8-,17-9+,18-10+,19-11+. The zero-order chi connectivity index (χ0) is 20.7. The summed E-state index contributed by atoms with van der Waals surface area (Å²) in [5.41, 5.74) is 5.74. The Kier molecular flexibility index (Phi) is 7.56. The van der Waals surface area contributed by atoms with Crippen molar-refractivity contribution in [2.75, 3.05) is 0 Å². The molecule has 0 saturated carbocycles. The SMILES string of the molecule is C/C=C\C(=C/C)Cc1[nH]c(C(/C=C\C)=C/C)cn2c(=O)c(C/C(C)=C/C)nc1-2. The Labute approximate surface area is 168 Å². The molecule has 0 bridgehead atoms. The molecule has 0 aromatic carbocycles. The van der Waals surface area contributed by atoms with Gasteiger partial charge in [-0.2, -0.15) is 0 Å². The van der Waals surface area contributed by atoms with Gasteiger partial charge >= 0.3 is 0 Å². The van der Waals surface area contributed by atoms with Gasteiger partial charge in [-0.3, -0.25) is 9.36 Å². The number of imidazole rings is 1. The van der Waals surface area contributed by atoms with Gasteiger partial charge in [0, 0.05) is 19.0 Å². The fourth-order valence-corrected chi connectivity index (χ4v) is 3.12. The van der Waals surface area contributed by atoms with E-state index >= 15 is 0 Å². The Bertz CT molecular complexity index is 993. The number of allylic oxidation sites excluding steroid dienone is 10. The van der Waals surface area contributed by atoms with Gasteiger partial charge in [-0.25, -0.2) is 4.98 Å². The highest BCUT2D eigenvalue weighted by molar-refractivity contribution is 5.71. The molecule has 0 aromatic heterocycles. The van der Waals surface area contributed by atoms with Crippen molar-refractivity contribution in [2.24, 2.45) is 0 Å². The van der Waals surface area contributed by atoms with Crippen LogP contribution >= 0.6 is 0 Å². The van der Waals surface area contributed by atoms with Crippen LogP contribution in [0.25, 0.3) is 11.4 Å². The Morgan fingerprint density at radius 1 is 1.04 bits per heavy atom. The average Bonchev–Trinajstić information content (AvgIpc) is 3.01. The van der Waals surface area contributed by atoms with Crippen molar-refractivity contribution >= 4 is 5.57 Å². The third-order valence-corrected chi connectivity index (χ3v) is 4.79. The van der Waals surface area contributed by atoms with Crippen molar-refractivity contribution in [2.45, 2.75) is 54.4 Å². The highest BCUT2D eigenvalue weighted by atomic mass is 16.1. The van der Waals surface area contributed by atoms with E-state index in [-0.39, 0.29) is 5.56 Å². The molecule has 2 heterocycles. The monoisotopic (exact) mass is 377 g/mol. The van der Waals surface area contributed by atoms with Crippen LogP contribution in [0.4, 0.5) is 0 Å². The van der Waals surface area contributed by atoms with Crippen LogP contribution in [0.15, 0.2) is 64.7 Å². The van der Waals surface area contributed by atoms with Gasteiger partial charge < -0.3 is 4.98 Å². The first-order valence-electron chi connectivity index (χ1n) is 9.81. The van der Waals surface area contributed by atoms with Gasteiger partial charge in [0.15, 0.2) is 5.82 Å². The minimum atomic E-state index is -0.0447. The predicted octanol–water partition coefficient (Wildman–Crippen LogP) is 5.55. The molecule has 4 nitrogen and oxygen atoms in total. The van der Waals surface area contributed by atoms with E-state index in [1.165, 1.54) is 5.57 Å². The first kappa shape index (κ1) is 21.4. The van der Waals surface area contributed by atoms with Crippen molar-refractivity contribution in [3.05, 3.63) is 87.3 Å². The third-order valence-electron chi connectivity index (χ3n) is 4.79. The molecule has 0 unspecified atom stereocenters. The molecule has 2 aliphatic rings. The highest BCUT2D eigenvalue weighted by Crippen LogP contribution is 2.22. The number of H-pyrrole nitrogens is 1. The van der Waals surface area contributed by atoms with Crippen LogP contribution in [0.3, 0.4) is 0 Å².